The summed E-state index contributed by atoms with van der Waals surface area (Å²) in [6.07, 6.45) is 0.883. The molecule has 8 aromatic rings. The molecular weight excluding hydrogens is 520 g/mol. The average molecular weight is 551 g/mol. The van der Waals surface area contributed by atoms with Crippen LogP contribution in [0.2, 0.25) is 0 Å². The van der Waals surface area contributed by atoms with E-state index < -0.39 is 0 Å². The molecule has 43 heavy (non-hydrogen) atoms. The van der Waals surface area contributed by atoms with Crippen molar-refractivity contribution in [2.75, 3.05) is 0 Å². The number of hydrogen-bond donors (Lipinski definition) is 0. The zero-order chi connectivity index (χ0) is 28.8. The number of aryl methyl sites for hydroxylation is 1. The second-order valence-electron chi connectivity index (χ2n) is 11.0. The summed E-state index contributed by atoms with van der Waals surface area (Å²) in [6, 6.07) is 54.7. The number of para-hydroxylation sites is 2. The first-order valence-electron chi connectivity index (χ1n) is 15.0. The number of rotatable bonds is 5. The van der Waals surface area contributed by atoms with Gasteiger partial charge in [0.1, 0.15) is 5.82 Å². The van der Waals surface area contributed by atoms with Crippen LogP contribution in [0.1, 0.15) is 12.7 Å². The summed E-state index contributed by atoms with van der Waals surface area (Å²) in [6.45, 7) is 2.16. The van der Waals surface area contributed by atoms with Gasteiger partial charge in [0, 0.05) is 12.1 Å². The minimum absolute atomic E-state index is 0.883. The summed E-state index contributed by atoms with van der Waals surface area (Å²) in [5.74, 6) is 1.08. The molecule has 0 spiro atoms. The molecule has 0 amide bonds. The first-order chi connectivity index (χ1) is 21.3. The molecule has 0 atom stereocenters. The van der Waals surface area contributed by atoms with E-state index in [0.29, 0.717) is 0 Å². The minimum Gasteiger partial charge on any atom is -0.296 e. The highest BCUT2D eigenvalue weighted by Crippen LogP contribution is 2.43. The van der Waals surface area contributed by atoms with Crippen molar-refractivity contribution in [1.82, 2.24) is 9.55 Å². The zero-order valence-corrected chi connectivity index (χ0v) is 24.0. The lowest BCUT2D eigenvalue weighted by Crippen LogP contribution is -1.99. The van der Waals surface area contributed by atoms with Gasteiger partial charge < -0.3 is 0 Å². The van der Waals surface area contributed by atoms with Crippen LogP contribution in [0.15, 0.2) is 152 Å². The monoisotopic (exact) mass is 550 g/mol. The molecule has 0 saturated heterocycles. The Morgan fingerprint density at radius 2 is 0.884 bits per heavy atom. The summed E-state index contributed by atoms with van der Waals surface area (Å²) in [4.78, 5) is 4.86. The van der Waals surface area contributed by atoms with Crippen molar-refractivity contribution in [2.45, 2.75) is 13.3 Å². The lowest BCUT2D eigenvalue weighted by atomic mass is 9.86. The van der Waals surface area contributed by atoms with Gasteiger partial charge in [-0.3, -0.25) is 4.57 Å². The van der Waals surface area contributed by atoms with Gasteiger partial charge in [-0.2, -0.15) is 0 Å². The smallest absolute Gasteiger partial charge is 0.114 e. The Bertz CT molecular complexity index is 2180. The van der Waals surface area contributed by atoms with Crippen LogP contribution in [0.3, 0.4) is 0 Å². The van der Waals surface area contributed by atoms with E-state index >= 15 is 0 Å². The van der Waals surface area contributed by atoms with Crippen LogP contribution in [-0.4, -0.2) is 9.55 Å². The molecule has 0 unspecified atom stereocenters. The molecule has 2 nitrogen and oxygen atoms in total. The van der Waals surface area contributed by atoms with Crippen LogP contribution in [0.25, 0.3) is 71.6 Å². The highest BCUT2D eigenvalue weighted by molar-refractivity contribution is 6.21. The summed E-state index contributed by atoms with van der Waals surface area (Å²) in [5.41, 5.74) is 10.8. The Hall–Kier alpha value is -5.47. The van der Waals surface area contributed by atoms with E-state index in [1.54, 1.807) is 0 Å². The third-order valence-corrected chi connectivity index (χ3v) is 8.57. The number of benzene rings is 7. The maximum Gasteiger partial charge on any atom is 0.114 e. The number of hydrogen-bond acceptors (Lipinski definition) is 1. The summed E-state index contributed by atoms with van der Waals surface area (Å²) >= 11 is 0. The van der Waals surface area contributed by atoms with Crippen molar-refractivity contribution in [3.8, 4) is 39.1 Å². The van der Waals surface area contributed by atoms with Gasteiger partial charge in [0.25, 0.3) is 0 Å². The van der Waals surface area contributed by atoms with Gasteiger partial charge in [-0.05, 0) is 79.2 Å². The third kappa shape index (κ3) is 4.23. The topological polar surface area (TPSA) is 17.8 Å². The second-order valence-corrected chi connectivity index (χ2v) is 11.0. The zero-order valence-electron chi connectivity index (χ0n) is 24.0. The predicted octanol–water partition coefficient (Wildman–Crippen LogP) is 10.9. The molecule has 0 radical (unpaired) electrons. The first kappa shape index (κ1) is 25.3. The molecule has 0 bridgehead atoms. The SMILES string of the molecule is CCc1nc2ccccc2n1-c1ccc(-c2ccc(-c3c4ccccc4c(-c4ccccc4)c4ccccc34)cc2)cc1. The van der Waals surface area contributed by atoms with Crippen LogP contribution in [0, 0.1) is 0 Å². The van der Waals surface area contributed by atoms with Gasteiger partial charge in [0.05, 0.1) is 11.0 Å². The molecule has 0 aliphatic rings. The number of aromatic nitrogens is 2. The number of fused-ring (bicyclic) bond motifs is 3. The fourth-order valence-electron chi connectivity index (χ4n) is 6.59. The molecule has 0 saturated carbocycles. The maximum absolute atomic E-state index is 4.86. The standard InChI is InChI=1S/C41H30N2/c1-2-39-42-37-18-10-11-19-38(37)43(39)32-26-24-29(25-27-32)28-20-22-31(23-21-28)41-35-16-8-6-14-33(35)40(30-12-4-3-5-13-30)34-15-7-9-17-36(34)41/h3-27H,2H2,1H3. The van der Waals surface area contributed by atoms with Crippen molar-refractivity contribution >= 4 is 32.6 Å². The van der Waals surface area contributed by atoms with Crippen molar-refractivity contribution in [1.29, 1.82) is 0 Å². The molecule has 1 aromatic heterocycles. The van der Waals surface area contributed by atoms with E-state index in [0.717, 1.165) is 29.0 Å². The van der Waals surface area contributed by atoms with Crippen LogP contribution in [-0.2, 0) is 6.42 Å². The second kappa shape index (κ2) is 10.4. The fraction of sp³-hybridized carbons (Fsp3) is 0.0488. The average Bonchev–Trinajstić information content (AvgIpc) is 3.46. The summed E-state index contributed by atoms with van der Waals surface area (Å²) in [5, 5.41) is 5.11. The van der Waals surface area contributed by atoms with Gasteiger partial charge in [-0.15, -0.1) is 0 Å². The molecule has 2 heteroatoms. The van der Waals surface area contributed by atoms with Crippen LogP contribution >= 0.6 is 0 Å². The van der Waals surface area contributed by atoms with Crippen LogP contribution in [0.4, 0.5) is 0 Å². The van der Waals surface area contributed by atoms with E-state index in [-0.39, 0.29) is 0 Å². The lowest BCUT2D eigenvalue weighted by molar-refractivity contribution is 0.908. The minimum atomic E-state index is 0.883. The van der Waals surface area contributed by atoms with Gasteiger partial charge in [0.15, 0.2) is 0 Å². The quantitative estimate of drug-likeness (QED) is 0.195. The van der Waals surface area contributed by atoms with Crippen molar-refractivity contribution < 1.29 is 0 Å². The van der Waals surface area contributed by atoms with Gasteiger partial charge >= 0.3 is 0 Å². The van der Waals surface area contributed by atoms with Crippen LogP contribution < -0.4 is 0 Å². The van der Waals surface area contributed by atoms with E-state index in [1.165, 1.54) is 54.9 Å². The van der Waals surface area contributed by atoms with Gasteiger partial charge in [-0.25, -0.2) is 4.98 Å². The fourth-order valence-corrected chi connectivity index (χ4v) is 6.59. The molecule has 0 aliphatic carbocycles. The Balaban J connectivity index is 1.22. The van der Waals surface area contributed by atoms with Crippen molar-refractivity contribution in [3.63, 3.8) is 0 Å². The van der Waals surface area contributed by atoms with Crippen molar-refractivity contribution in [2.24, 2.45) is 0 Å². The number of nitrogens with zero attached hydrogens (tertiary/aromatic N) is 2. The van der Waals surface area contributed by atoms with Crippen molar-refractivity contribution in [3.05, 3.63) is 157 Å². The highest BCUT2D eigenvalue weighted by atomic mass is 15.1. The van der Waals surface area contributed by atoms with Gasteiger partial charge in [0.2, 0.25) is 0 Å². The normalized spacial score (nSPS) is 11.5. The summed E-state index contributed by atoms with van der Waals surface area (Å²) in [7, 11) is 0. The number of imidazole rings is 1. The van der Waals surface area contributed by atoms with E-state index in [4.69, 9.17) is 4.98 Å². The molecule has 7 aromatic carbocycles. The van der Waals surface area contributed by atoms with Gasteiger partial charge in [-0.1, -0.05) is 134 Å². The van der Waals surface area contributed by atoms with E-state index in [1.807, 2.05) is 0 Å². The highest BCUT2D eigenvalue weighted by Gasteiger charge is 2.16. The van der Waals surface area contributed by atoms with E-state index in [9.17, 15) is 0 Å². The molecule has 204 valence electrons. The predicted molar refractivity (Wildman–Crippen MR) is 182 cm³/mol. The largest absolute Gasteiger partial charge is 0.296 e. The molecule has 0 fully saturated rings. The Morgan fingerprint density at radius 1 is 0.442 bits per heavy atom. The molecular formula is C41H30N2. The molecule has 8 rings (SSSR count). The van der Waals surface area contributed by atoms with E-state index in [2.05, 4.69) is 163 Å². The Labute approximate surface area is 251 Å². The maximum atomic E-state index is 4.86. The summed E-state index contributed by atoms with van der Waals surface area (Å²) < 4.78 is 2.28. The molecule has 1 heterocycles. The lowest BCUT2D eigenvalue weighted by Gasteiger charge is -2.18. The third-order valence-electron chi connectivity index (χ3n) is 8.57. The first-order valence-corrected chi connectivity index (χ1v) is 15.0. The molecule has 0 aliphatic heterocycles. The Morgan fingerprint density at radius 3 is 1.44 bits per heavy atom. The Kier molecular flexibility index (Phi) is 6.12. The molecule has 0 N–H and O–H groups in total. The van der Waals surface area contributed by atoms with Crippen LogP contribution in [0.5, 0.6) is 0 Å².